The summed E-state index contributed by atoms with van der Waals surface area (Å²) in [6, 6.07) is 14.7. The Balaban J connectivity index is 1.83. The Labute approximate surface area is 126 Å². The zero-order valence-corrected chi connectivity index (χ0v) is 11.6. The van der Waals surface area contributed by atoms with Gasteiger partial charge in [0.1, 0.15) is 11.5 Å². The average Bonchev–Trinajstić information content (AvgIpc) is 2.78. The molecule has 5 heteroatoms. The van der Waals surface area contributed by atoms with Crippen LogP contribution in [0.1, 0.15) is 11.1 Å². The standard InChI is InChI=1S/C17H13FN2O2/c18-14-9-5-4-8-13(14)11-20-16(21)15(19-17(20)22)10-12-6-2-1-3-7-12/h1-10H,11H2,(H,19,22)/b15-10-. The minimum atomic E-state index is -0.546. The Kier molecular flexibility index (Phi) is 3.70. The molecule has 1 aliphatic heterocycles. The van der Waals surface area contributed by atoms with Crippen LogP contribution >= 0.6 is 0 Å². The molecule has 110 valence electrons. The SMILES string of the molecule is O=C1N/C(=C\c2ccccc2)C(=O)N1Cc1ccccc1F. The fourth-order valence-corrected chi connectivity index (χ4v) is 2.23. The van der Waals surface area contributed by atoms with E-state index in [1.54, 1.807) is 24.3 Å². The number of imide groups is 1. The van der Waals surface area contributed by atoms with E-state index in [2.05, 4.69) is 5.32 Å². The Bertz CT molecular complexity index is 756. The summed E-state index contributed by atoms with van der Waals surface area (Å²) in [5.74, 6) is -0.902. The smallest absolute Gasteiger partial charge is 0.303 e. The van der Waals surface area contributed by atoms with E-state index in [4.69, 9.17) is 0 Å². The number of hydrogen-bond acceptors (Lipinski definition) is 2. The molecule has 2 aromatic carbocycles. The fourth-order valence-electron chi connectivity index (χ4n) is 2.23. The number of benzene rings is 2. The van der Waals surface area contributed by atoms with Gasteiger partial charge in [0, 0.05) is 5.56 Å². The van der Waals surface area contributed by atoms with E-state index in [0.717, 1.165) is 10.5 Å². The maximum absolute atomic E-state index is 13.7. The first-order valence-electron chi connectivity index (χ1n) is 6.78. The second-order valence-electron chi connectivity index (χ2n) is 4.88. The molecule has 1 heterocycles. The van der Waals surface area contributed by atoms with Crippen molar-refractivity contribution in [1.29, 1.82) is 0 Å². The predicted octanol–water partition coefficient (Wildman–Crippen LogP) is 2.92. The summed E-state index contributed by atoms with van der Waals surface area (Å²) in [6.45, 7) is -0.0938. The highest BCUT2D eigenvalue weighted by Crippen LogP contribution is 2.18. The zero-order valence-electron chi connectivity index (χ0n) is 11.6. The van der Waals surface area contributed by atoms with Gasteiger partial charge in [-0.3, -0.25) is 9.69 Å². The first kappa shape index (κ1) is 14.0. The van der Waals surface area contributed by atoms with Crippen molar-refractivity contribution in [2.24, 2.45) is 0 Å². The molecule has 4 nitrogen and oxygen atoms in total. The van der Waals surface area contributed by atoms with Gasteiger partial charge in [0.05, 0.1) is 6.54 Å². The Morgan fingerprint density at radius 3 is 2.41 bits per heavy atom. The van der Waals surface area contributed by atoms with Crippen molar-refractivity contribution < 1.29 is 14.0 Å². The summed E-state index contributed by atoms with van der Waals surface area (Å²) in [4.78, 5) is 25.2. The van der Waals surface area contributed by atoms with Crippen LogP contribution in [0.15, 0.2) is 60.3 Å². The lowest BCUT2D eigenvalue weighted by Gasteiger charge is -2.12. The highest BCUT2D eigenvalue weighted by atomic mass is 19.1. The van der Waals surface area contributed by atoms with E-state index in [0.29, 0.717) is 5.56 Å². The van der Waals surface area contributed by atoms with Crippen LogP contribution < -0.4 is 5.32 Å². The number of rotatable bonds is 3. The van der Waals surface area contributed by atoms with Gasteiger partial charge in [0.2, 0.25) is 0 Å². The Hall–Kier alpha value is -2.95. The van der Waals surface area contributed by atoms with Gasteiger partial charge in [-0.1, -0.05) is 48.5 Å². The van der Waals surface area contributed by atoms with Gasteiger partial charge in [-0.25, -0.2) is 9.18 Å². The normalized spacial score (nSPS) is 16.2. The molecule has 0 unspecified atom stereocenters. The van der Waals surface area contributed by atoms with E-state index in [1.807, 2.05) is 30.3 Å². The van der Waals surface area contributed by atoms with E-state index in [1.165, 1.54) is 6.07 Å². The number of halogens is 1. The summed E-state index contributed by atoms with van der Waals surface area (Å²) in [5.41, 5.74) is 1.29. The molecule has 3 amide bonds. The Morgan fingerprint density at radius 1 is 1.00 bits per heavy atom. The van der Waals surface area contributed by atoms with Crippen LogP contribution in [0, 0.1) is 5.82 Å². The summed E-state index contributed by atoms with van der Waals surface area (Å²) < 4.78 is 13.7. The quantitative estimate of drug-likeness (QED) is 0.699. The first-order valence-corrected chi connectivity index (χ1v) is 6.78. The third-order valence-corrected chi connectivity index (χ3v) is 3.36. The molecule has 1 aliphatic rings. The van der Waals surface area contributed by atoms with Gasteiger partial charge < -0.3 is 5.32 Å². The topological polar surface area (TPSA) is 49.4 Å². The van der Waals surface area contributed by atoms with Gasteiger partial charge in [-0.2, -0.15) is 0 Å². The van der Waals surface area contributed by atoms with E-state index < -0.39 is 17.8 Å². The molecule has 0 radical (unpaired) electrons. The number of urea groups is 1. The van der Waals surface area contributed by atoms with E-state index >= 15 is 0 Å². The van der Waals surface area contributed by atoms with Crippen molar-refractivity contribution >= 4 is 18.0 Å². The molecule has 0 aliphatic carbocycles. The van der Waals surface area contributed by atoms with Crippen LogP contribution in [-0.4, -0.2) is 16.8 Å². The zero-order chi connectivity index (χ0) is 15.5. The summed E-state index contributed by atoms with van der Waals surface area (Å²) >= 11 is 0. The van der Waals surface area contributed by atoms with Crippen LogP contribution in [0.3, 0.4) is 0 Å². The van der Waals surface area contributed by atoms with Crippen LogP contribution in [0.25, 0.3) is 6.08 Å². The van der Waals surface area contributed by atoms with Gasteiger partial charge in [-0.05, 0) is 17.7 Å². The Morgan fingerprint density at radius 2 is 1.68 bits per heavy atom. The minimum absolute atomic E-state index is 0.0938. The number of carbonyl (C=O) groups is 2. The van der Waals surface area contributed by atoms with Crippen molar-refractivity contribution in [1.82, 2.24) is 10.2 Å². The number of amides is 3. The monoisotopic (exact) mass is 296 g/mol. The predicted molar refractivity (Wildman–Crippen MR) is 79.9 cm³/mol. The third kappa shape index (κ3) is 2.74. The minimum Gasteiger partial charge on any atom is -0.303 e. The fraction of sp³-hybridized carbons (Fsp3) is 0.0588. The second-order valence-corrected chi connectivity index (χ2v) is 4.88. The van der Waals surface area contributed by atoms with Crippen molar-refractivity contribution in [2.45, 2.75) is 6.54 Å². The molecule has 1 saturated heterocycles. The first-order chi connectivity index (χ1) is 10.6. The molecule has 1 N–H and O–H groups in total. The molecular weight excluding hydrogens is 283 g/mol. The van der Waals surface area contributed by atoms with Gasteiger partial charge in [0.15, 0.2) is 0 Å². The summed E-state index contributed by atoms with van der Waals surface area (Å²) in [7, 11) is 0. The number of carbonyl (C=O) groups excluding carboxylic acids is 2. The highest BCUT2D eigenvalue weighted by Gasteiger charge is 2.33. The third-order valence-electron chi connectivity index (χ3n) is 3.36. The number of nitrogens with zero attached hydrogens (tertiary/aromatic N) is 1. The molecule has 0 bridgehead atoms. The number of nitrogens with one attached hydrogen (secondary N) is 1. The molecule has 2 aromatic rings. The van der Waals surface area contributed by atoms with E-state index in [9.17, 15) is 14.0 Å². The van der Waals surface area contributed by atoms with Crippen molar-refractivity contribution in [2.75, 3.05) is 0 Å². The molecule has 1 fully saturated rings. The molecule has 0 spiro atoms. The van der Waals surface area contributed by atoms with Crippen LogP contribution in [0.2, 0.25) is 0 Å². The van der Waals surface area contributed by atoms with Crippen LogP contribution in [0.5, 0.6) is 0 Å². The van der Waals surface area contributed by atoms with Gasteiger partial charge in [0.25, 0.3) is 5.91 Å². The van der Waals surface area contributed by atoms with Crippen molar-refractivity contribution in [3.8, 4) is 0 Å². The summed E-state index contributed by atoms with van der Waals surface area (Å²) in [6.07, 6.45) is 1.60. The lowest BCUT2D eigenvalue weighted by atomic mass is 10.2. The van der Waals surface area contributed by atoms with E-state index in [-0.39, 0.29) is 12.2 Å². The lowest BCUT2D eigenvalue weighted by molar-refractivity contribution is -0.123. The van der Waals surface area contributed by atoms with Crippen LogP contribution in [-0.2, 0) is 11.3 Å². The van der Waals surface area contributed by atoms with Crippen molar-refractivity contribution in [3.05, 3.63) is 77.2 Å². The van der Waals surface area contributed by atoms with Crippen LogP contribution in [0.4, 0.5) is 9.18 Å². The maximum Gasteiger partial charge on any atom is 0.329 e. The molecular formula is C17H13FN2O2. The summed E-state index contributed by atoms with van der Waals surface area (Å²) in [5, 5.41) is 2.52. The molecule has 0 aromatic heterocycles. The lowest BCUT2D eigenvalue weighted by Crippen LogP contribution is -2.30. The number of hydrogen-bond donors (Lipinski definition) is 1. The molecule has 0 saturated carbocycles. The molecule has 0 atom stereocenters. The largest absolute Gasteiger partial charge is 0.329 e. The second kappa shape index (κ2) is 5.81. The highest BCUT2D eigenvalue weighted by molar-refractivity contribution is 6.13. The molecule has 3 rings (SSSR count). The molecule has 22 heavy (non-hydrogen) atoms. The average molecular weight is 296 g/mol. The van der Waals surface area contributed by atoms with Crippen molar-refractivity contribution in [3.63, 3.8) is 0 Å². The van der Waals surface area contributed by atoms with Gasteiger partial charge >= 0.3 is 6.03 Å². The van der Waals surface area contributed by atoms with Gasteiger partial charge in [-0.15, -0.1) is 0 Å². The maximum atomic E-state index is 13.7.